The van der Waals surface area contributed by atoms with E-state index in [2.05, 4.69) is 0 Å². The van der Waals surface area contributed by atoms with E-state index in [0.29, 0.717) is 32.5 Å². The van der Waals surface area contributed by atoms with Crippen LogP contribution < -0.4 is 0 Å². The van der Waals surface area contributed by atoms with Gasteiger partial charge in [-0.1, -0.05) is 30.3 Å². The number of carbonyl (C=O) groups is 2. The Kier molecular flexibility index (Phi) is 5.75. The number of esters is 1. The molecule has 1 aromatic carbocycles. The Labute approximate surface area is 131 Å². The first kappa shape index (κ1) is 16.3. The molecule has 4 heteroatoms. The molecule has 1 heterocycles. The van der Waals surface area contributed by atoms with Crippen molar-refractivity contribution in [2.75, 3.05) is 19.7 Å². The zero-order valence-corrected chi connectivity index (χ0v) is 13.2. The molecule has 4 nitrogen and oxygen atoms in total. The quantitative estimate of drug-likeness (QED) is 0.634. The molecular formula is C18H23NO3. The van der Waals surface area contributed by atoms with Crippen LogP contribution in [0.2, 0.25) is 0 Å². The maximum Gasteiger partial charge on any atom is 0.309 e. The summed E-state index contributed by atoms with van der Waals surface area (Å²) in [5.41, 5.74) is 1.75. The Balaban J connectivity index is 1.92. The van der Waals surface area contributed by atoms with E-state index < -0.39 is 0 Å². The lowest BCUT2D eigenvalue weighted by atomic mass is 9.96. The number of carbonyl (C=O) groups excluding carboxylic acids is 2. The Morgan fingerprint density at radius 1 is 1.23 bits per heavy atom. The van der Waals surface area contributed by atoms with E-state index in [-0.39, 0.29) is 17.8 Å². The molecule has 1 amide bonds. The Morgan fingerprint density at radius 3 is 2.45 bits per heavy atom. The molecule has 0 N–H and O–H groups in total. The standard InChI is InChI=1S/C18H23NO3/c1-3-22-18(21)16-9-11-19(12-10-16)17(20)14(2)13-15-7-5-4-6-8-15/h4-8,13,16H,3,9-12H2,1-2H3. The van der Waals surface area contributed by atoms with Crippen molar-refractivity contribution in [2.24, 2.45) is 5.92 Å². The van der Waals surface area contributed by atoms with Gasteiger partial charge in [-0.15, -0.1) is 0 Å². The summed E-state index contributed by atoms with van der Waals surface area (Å²) in [5.74, 6) is -0.153. The van der Waals surface area contributed by atoms with Gasteiger partial charge in [0, 0.05) is 18.7 Å². The third kappa shape index (κ3) is 4.20. The summed E-state index contributed by atoms with van der Waals surface area (Å²) in [7, 11) is 0. The van der Waals surface area contributed by atoms with Crippen molar-refractivity contribution in [3.05, 3.63) is 41.5 Å². The molecule has 0 bridgehead atoms. The minimum Gasteiger partial charge on any atom is -0.466 e. The lowest BCUT2D eigenvalue weighted by molar-refractivity contribution is -0.150. The molecule has 1 aliphatic heterocycles. The van der Waals surface area contributed by atoms with Gasteiger partial charge in [-0.2, -0.15) is 0 Å². The third-order valence-electron chi connectivity index (χ3n) is 3.92. The summed E-state index contributed by atoms with van der Waals surface area (Å²) in [6.45, 7) is 5.29. The lowest BCUT2D eigenvalue weighted by Gasteiger charge is -2.31. The maximum absolute atomic E-state index is 12.4. The predicted molar refractivity (Wildman–Crippen MR) is 86.0 cm³/mol. The second-order valence-corrected chi connectivity index (χ2v) is 5.56. The normalized spacial score (nSPS) is 16.5. The number of hydrogen-bond acceptors (Lipinski definition) is 3. The van der Waals surface area contributed by atoms with E-state index >= 15 is 0 Å². The summed E-state index contributed by atoms with van der Waals surface area (Å²) in [6.07, 6.45) is 3.27. The van der Waals surface area contributed by atoms with Gasteiger partial charge >= 0.3 is 5.97 Å². The first-order chi connectivity index (χ1) is 10.6. The minimum absolute atomic E-state index is 0.0474. The molecule has 1 saturated heterocycles. The van der Waals surface area contributed by atoms with Crippen LogP contribution in [0.15, 0.2) is 35.9 Å². The summed E-state index contributed by atoms with van der Waals surface area (Å²) >= 11 is 0. The van der Waals surface area contributed by atoms with E-state index in [1.165, 1.54) is 0 Å². The average Bonchev–Trinajstić information content (AvgIpc) is 2.55. The summed E-state index contributed by atoms with van der Waals surface area (Å²) in [5, 5.41) is 0. The first-order valence-electron chi connectivity index (χ1n) is 7.81. The van der Waals surface area contributed by atoms with Crippen LogP contribution in [-0.2, 0) is 14.3 Å². The molecule has 0 aromatic heterocycles. The second-order valence-electron chi connectivity index (χ2n) is 5.56. The Morgan fingerprint density at radius 2 is 1.86 bits per heavy atom. The molecule has 118 valence electrons. The van der Waals surface area contributed by atoms with Gasteiger partial charge in [0.05, 0.1) is 12.5 Å². The molecule has 1 aromatic rings. The number of amides is 1. The Bertz CT molecular complexity index is 543. The fourth-order valence-corrected chi connectivity index (χ4v) is 2.69. The van der Waals surface area contributed by atoms with Gasteiger partial charge < -0.3 is 9.64 Å². The molecule has 0 atom stereocenters. The predicted octanol–water partition coefficient (Wildman–Crippen LogP) is 2.89. The van der Waals surface area contributed by atoms with Crippen LogP contribution in [0.4, 0.5) is 0 Å². The van der Waals surface area contributed by atoms with Crippen LogP contribution in [0.3, 0.4) is 0 Å². The van der Waals surface area contributed by atoms with E-state index in [0.717, 1.165) is 11.1 Å². The molecule has 22 heavy (non-hydrogen) atoms. The van der Waals surface area contributed by atoms with Gasteiger partial charge in [0.25, 0.3) is 0 Å². The lowest BCUT2D eigenvalue weighted by Crippen LogP contribution is -2.41. The maximum atomic E-state index is 12.4. The van der Waals surface area contributed by atoms with Gasteiger partial charge in [0.15, 0.2) is 0 Å². The fourth-order valence-electron chi connectivity index (χ4n) is 2.69. The summed E-state index contributed by atoms with van der Waals surface area (Å²) < 4.78 is 5.05. The van der Waals surface area contributed by atoms with Crippen LogP contribution in [0.5, 0.6) is 0 Å². The summed E-state index contributed by atoms with van der Waals surface area (Å²) in [4.78, 5) is 26.0. The second kappa shape index (κ2) is 7.78. The van der Waals surface area contributed by atoms with Crippen LogP contribution in [0.25, 0.3) is 6.08 Å². The Hall–Kier alpha value is -2.10. The number of piperidine rings is 1. The first-order valence-corrected chi connectivity index (χ1v) is 7.81. The van der Waals surface area contributed by atoms with Gasteiger partial charge in [-0.05, 0) is 38.3 Å². The van der Waals surface area contributed by atoms with Crippen LogP contribution in [0, 0.1) is 5.92 Å². The van der Waals surface area contributed by atoms with Crippen LogP contribution in [-0.4, -0.2) is 36.5 Å². The van der Waals surface area contributed by atoms with Crippen LogP contribution >= 0.6 is 0 Å². The molecule has 0 saturated carbocycles. The van der Waals surface area contributed by atoms with Crippen molar-refractivity contribution >= 4 is 18.0 Å². The molecule has 0 spiro atoms. The SMILES string of the molecule is CCOC(=O)C1CCN(C(=O)C(C)=Cc2ccccc2)CC1. The van der Waals surface area contributed by atoms with Crippen molar-refractivity contribution in [2.45, 2.75) is 26.7 Å². The number of benzene rings is 1. The molecule has 1 aliphatic rings. The zero-order valence-electron chi connectivity index (χ0n) is 13.2. The van der Waals surface area contributed by atoms with E-state index in [9.17, 15) is 9.59 Å². The molecule has 0 aliphatic carbocycles. The highest BCUT2D eigenvalue weighted by Gasteiger charge is 2.28. The fraction of sp³-hybridized carbons (Fsp3) is 0.444. The van der Waals surface area contributed by atoms with Crippen molar-refractivity contribution < 1.29 is 14.3 Å². The number of ether oxygens (including phenoxy) is 1. The number of nitrogens with zero attached hydrogens (tertiary/aromatic N) is 1. The number of hydrogen-bond donors (Lipinski definition) is 0. The molecule has 0 unspecified atom stereocenters. The minimum atomic E-state index is -0.133. The molecule has 1 fully saturated rings. The highest BCUT2D eigenvalue weighted by Crippen LogP contribution is 2.20. The van der Waals surface area contributed by atoms with Gasteiger partial charge in [-0.3, -0.25) is 9.59 Å². The molecular weight excluding hydrogens is 278 g/mol. The van der Waals surface area contributed by atoms with Crippen molar-refractivity contribution in [3.8, 4) is 0 Å². The van der Waals surface area contributed by atoms with Gasteiger partial charge in [0.2, 0.25) is 5.91 Å². The van der Waals surface area contributed by atoms with E-state index in [1.807, 2.05) is 55.2 Å². The zero-order chi connectivity index (χ0) is 15.9. The highest BCUT2D eigenvalue weighted by atomic mass is 16.5. The van der Waals surface area contributed by atoms with Gasteiger partial charge in [0.1, 0.15) is 0 Å². The highest BCUT2D eigenvalue weighted by molar-refractivity contribution is 5.97. The topological polar surface area (TPSA) is 46.6 Å². The van der Waals surface area contributed by atoms with Crippen molar-refractivity contribution in [1.29, 1.82) is 0 Å². The number of likely N-dealkylation sites (tertiary alicyclic amines) is 1. The third-order valence-corrected chi connectivity index (χ3v) is 3.92. The molecule has 0 radical (unpaired) electrons. The molecule has 2 rings (SSSR count). The summed E-state index contributed by atoms with van der Waals surface area (Å²) in [6, 6.07) is 9.81. The van der Waals surface area contributed by atoms with Crippen molar-refractivity contribution in [1.82, 2.24) is 4.90 Å². The monoisotopic (exact) mass is 301 g/mol. The van der Waals surface area contributed by atoms with Crippen LogP contribution in [0.1, 0.15) is 32.3 Å². The van der Waals surface area contributed by atoms with Crippen molar-refractivity contribution in [3.63, 3.8) is 0 Å². The largest absolute Gasteiger partial charge is 0.466 e. The van der Waals surface area contributed by atoms with Gasteiger partial charge in [-0.25, -0.2) is 0 Å². The van der Waals surface area contributed by atoms with E-state index in [1.54, 1.807) is 0 Å². The van der Waals surface area contributed by atoms with E-state index in [4.69, 9.17) is 4.74 Å². The average molecular weight is 301 g/mol. The number of rotatable bonds is 4. The smallest absolute Gasteiger partial charge is 0.309 e.